The molecule has 0 N–H and O–H groups in total. The number of piperidine rings is 1. The van der Waals surface area contributed by atoms with Gasteiger partial charge in [-0.25, -0.2) is 8.42 Å². The van der Waals surface area contributed by atoms with E-state index in [4.69, 9.17) is 4.74 Å². The highest BCUT2D eigenvalue weighted by molar-refractivity contribution is 7.88. The first-order chi connectivity index (χ1) is 11.3. The van der Waals surface area contributed by atoms with Gasteiger partial charge < -0.3 is 9.64 Å². The van der Waals surface area contributed by atoms with Crippen LogP contribution in [0.25, 0.3) is 0 Å². The van der Waals surface area contributed by atoms with Crippen molar-refractivity contribution in [1.82, 2.24) is 18.8 Å². The van der Waals surface area contributed by atoms with Gasteiger partial charge in [-0.2, -0.15) is 4.31 Å². The Morgan fingerprint density at radius 2 is 2.17 bits per heavy atom. The second-order valence-electron chi connectivity index (χ2n) is 6.70. The summed E-state index contributed by atoms with van der Waals surface area (Å²) in [6.07, 6.45) is 3.63. The van der Waals surface area contributed by atoms with Crippen molar-refractivity contribution in [2.24, 2.45) is 5.41 Å². The molecule has 1 aromatic heterocycles. The minimum Gasteiger partial charge on any atom is -0.383 e. The van der Waals surface area contributed by atoms with Crippen LogP contribution in [0.2, 0.25) is 0 Å². The molecular weight excluding hydrogens is 352 g/mol. The number of carbonyl (C=O) groups is 1. The van der Waals surface area contributed by atoms with Gasteiger partial charge in [-0.15, -0.1) is 5.10 Å². The van der Waals surface area contributed by atoms with E-state index in [1.54, 1.807) is 21.7 Å². The maximum absolute atomic E-state index is 12.4. The Hall–Kier alpha value is -1.10. The number of methoxy groups -OCH3 is 1. The third-order valence-electron chi connectivity index (χ3n) is 5.04. The number of carbonyl (C=O) groups excluding carboxylic acids is 1. The topological polar surface area (TPSA) is 92.7 Å². The van der Waals surface area contributed by atoms with Crippen molar-refractivity contribution in [3.63, 3.8) is 0 Å². The van der Waals surface area contributed by atoms with Gasteiger partial charge >= 0.3 is 0 Å². The summed E-state index contributed by atoms with van der Waals surface area (Å²) in [6.45, 7) is 2.16. The average molecular weight is 374 g/mol. The van der Waals surface area contributed by atoms with Gasteiger partial charge in [0.2, 0.25) is 10.0 Å². The molecule has 10 heteroatoms. The van der Waals surface area contributed by atoms with E-state index < -0.39 is 10.0 Å². The second-order valence-corrected chi connectivity index (χ2v) is 9.25. The molecular formula is C14H22N4O4S2. The maximum Gasteiger partial charge on any atom is 0.275 e. The van der Waals surface area contributed by atoms with Crippen LogP contribution in [0.4, 0.5) is 0 Å². The zero-order valence-corrected chi connectivity index (χ0v) is 15.5. The summed E-state index contributed by atoms with van der Waals surface area (Å²) >= 11 is 1.16. The van der Waals surface area contributed by atoms with Crippen LogP contribution in [-0.4, -0.2) is 78.8 Å². The van der Waals surface area contributed by atoms with E-state index in [1.807, 2.05) is 0 Å². The molecule has 3 rings (SSSR count). The second kappa shape index (κ2) is 6.66. The van der Waals surface area contributed by atoms with Crippen molar-refractivity contribution in [2.45, 2.75) is 25.3 Å². The molecule has 1 unspecified atom stereocenters. The van der Waals surface area contributed by atoms with Gasteiger partial charge in [-0.1, -0.05) is 4.49 Å². The van der Waals surface area contributed by atoms with Crippen molar-refractivity contribution < 1.29 is 17.9 Å². The normalized spacial score (nSPS) is 24.6. The number of nitrogens with zero attached hydrogens (tertiary/aromatic N) is 4. The van der Waals surface area contributed by atoms with E-state index in [-0.39, 0.29) is 17.4 Å². The molecule has 2 aliphatic rings. The lowest BCUT2D eigenvalue weighted by molar-refractivity contribution is 0.0589. The molecule has 1 amide bonds. The van der Waals surface area contributed by atoms with Gasteiger partial charge in [0.05, 0.1) is 12.9 Å². The summed E-state index contributed by atoms with van der Waals surface area (Å²) in [4.78, 5) is 14.1. The van der Waals surface area contributed by atoms with Gasteiger partial charge in [-0.05, 0) is 36.2 Å². The summed E-state index contributed by atoms with van der Waals surface area (Å²) in [6, 6.07) is -0.116. The molecule has 0 radical (unpaired) electrons. The smallest absolute Gasteiger partial charge is 0.275 e. The number of hydrogen-bond donors (Lipinski definition) is 0. The predicted molar refractivity (Wildman–Crippen MR) is 89.3 cm³/mol. The molecule has 3 heterocycles. The molecule has 2 aliphatic heterocycles. The Morgan fingerprint density at radius 3 is 2.71 bits per heavy atom. The van der Waals surface area contributed by atoms with Crippen molar-refractivity contribution in [1.29, 1.82) is 0 Å². The Labute approximate surface area is 146 Å². The number of ether oxygens (including phenoxy) is 1. The van der Waals surface area contributed by atoms with Crippen LogP contribution in [0.1, 0.15) is 29.8 Å². The summed E-state index contributed by atoms with van der Waals surface area (Å²) < 4.78 is 34.6. The third-order valence-corrected chi connectivity index (χ3v) is 6.83. The highest BCUT2D eigenvalue weighted by Crippen LogP contribution is 2.44. The van der Waals surface area contributed by atoms with Crippen LogP contribution >= 0.6 is 11.5 Å². The lowest BCUT2D eigenvalue weighted by Gasteiger charge is -2.39. The summed E-state index contributed by atoms with van der Waals surface area (Å²) in [7, 11) is -1.67. The van der Waals surface area contributed by atoms with Gasteiger partial charge in [0.25, 0.3) is 5.91 Å². The Morgan fingerprint density at radius 1 is 1.46 bits per heavy atom. The molecule has 0 saturated carbocycles. The van der Waals surface area contributed by atoms with Crippen LogP contribution in [-0.2, 0) is 14.8 Å². The molecule has 2 saturated heterocycles. The van der Waals surface area contributed by atoms with Gasteiger partial charge in [-0.3, -0.25) is 4.79 Å². The lowest BCUT2D eigenvalue weighted by atomic mass is 9.76. The fraction of sp³-hybridized carbons (Fsp3) is 0.786. The number of aromatic nitrogens is 2. The van der Waals surface area contributed by atoms with E-state index >= 15 is 0 Å². The molecule has 0 aliphatic carbocycles. The Kier molecular flexibility index (Phi) is 4.92. The Balaban J connectivity index is 1.68. The van der Waals surface area contributed by atoms with Crippen LogP contribution in [0, 0.1) is 5.41 Å². The third kappa shape index (κ3) is 3.46. The highest BCUT2D eigenvalue weighted by atomic mass is 32.2. The zero-order valence-electron chi connectivity index (χ0n) is 13.8. The first-order valence-electron chi connectivity index (χ1n) is 7.87. The molecule has 0 bridgehead atoms. The van der Waals surface area contributed by atoms with Crippen molar-refractivity contribution in [3.05, 3.63) is 11.1 Å². The zero-order chi connectivity index (χ0) is 17.4. The summed E-state index contributed by atoms with van der Waals surface area (Å²) in [5.41, 5.74) is 0.320. The number of rotatable bonds is 4. The van der Waals surface area contributed by atoms with Crippen LogP contribution in [0.15, 0.2) is 5.38 Å². The van der Waals surface area contributed by atoms with E-state index in [2.05, 4.69) is 9.59 Å². The molecule has 8 nitrogen and oxygen atoms in total. The summed E-state index contributed by atoms with van der Waals surface area (Å²) in [5, 5.41) is 5.49. The van der Waals surface area contributed by atoms with Crippen LogP contribution < -0.4 is 0 Å². The van der Waals surface area contributed by atoms with Crippen molar-refractivity contribution in [3.8, 4) is 0 Å². The standard InChI is InChI=1S/C14H22N4O4S2/c1-22-8-11-7-14(10-18(11)24(2,20)21)3-5-17(6-4-14)13(19)12-9-23-16-15-12/h9,11H,3-8,10H2,1-2H3. The fourth-order valence-corrected chi connectivity index (χ4v) is 5.43. The number of hydrogen-bond acceptors (Lipinski definition) is 7. The number of amides is 1. The van der Waals surface area contributed by atoms with Gasteiger partial charge in [0.15, 0.2) is 5.69 Å². The predicted octanol–water partition coefficient (Wildman–Crippen LogP) is 0.441. The molecule has 0 aromatic carbocycles. The SMILES string of the molecule is COCC1CC2(CCN(C(=O)c3csnn3)CC2)CN1S(C)(=O)=O. The largest absolute Gasteiger partial charge is 0.383 e. The molecule has 24 heavy (non-hydrogen) atoms. The quantitative estimate of drug-likeness (QED) is 0.759. The minimum absolute atomic E-state index is 0.0661. The van der Waals surface area contributed by atoms with E-state index in [0.29, 0.717) is 31.9 Å². The minimum atomic E-state index is -3.26. The Bertz CT molecular complexity index is 684. The molecule has 1 aromatic rings. The van der Waals surface area contributed by atoms with Crippen molar-refractivity contribution in [2.75, 3.05) is 39.6 Å². The average Bonchev–Trinajstić information content (AvgIpc) is 3.16. The fourth-order valence-electron chi connectivity index (χ4n) is 3.81. The van der Waals surface area contributed by atoms with Crippen LogP contribution in [0.5, 0.6) is 0 Å². The van der Waals surface area contributed by atoms with Gasteiger partial charge in [0.1, 0.15) is 0 Å². The van der Waals surface area contributed by atoms with Crippen molar-refractivity contribution >= 4 is 27.5 Å². The highest BCUT2D eigenvalue weighted by Gasteiger charge is 2.48. The van der Waals surface area contributed by atoms with E-state index in [1.165, 1.54) is 6.26 Å². The first-order valence-corrected chi connectivity index (χ1v) is 10.6. The lowest BCUT2D eigenvalue weighted by Crippen LogP contribution is -2.44. The van der Waals surface area contributed by atoms with Crippen LogP contribution in [0.3, 0.4) is 0 Å². The number of likely N-dealkylation sites (tertiary alicyclic amines) is 1. The maximum atomic E-state index is 12.4. The van der Waals surface area contributed by atoms with E-state index in [9.17, 15) is 13.2 Å². The molecule has 1 atom stereocenters. The molecule has 134 valence electrons. The molecule has 2 fully saturated rings. The van der Waals surface area contributed by atoms with Gasteiger partial charge in [0, 0.05) is 38.2 Å². The first kappa shape index (κ1) is 17.7. The monoisotopic (exact) mass is 374 g/mol. The molecule has 1 spiro atoms. The summed E-state index contributed by atoms with van der Waals surface area (Å²) in [5.74, 6) is -0.0926. The number of sulfonamides is 1. The van der Waals surface area contributed by atoms with E-state index in [0.717, 1.165) is 30.8 Å².